The normalized spacial score (nSPS) is 10.9. The van der Waals surface area contributed by atoms with Crippen LogP contribution in [0.15, 0.2) is 27.5 Å². The second-order valence-corrected chi connectivity index (χ2v) is 5.90. The van der Waals surface area contributed by atoms with Crippen molar-refractivity contribution in [2.75, 3.05) is 14.2 Å². The molecule has 2 heterocycles. The predicted octanol–water partition coefficient (Wildman–Crippen LogP) is 3.45. The summed E-state index contributed by atoms with van der Waals surface area (Å²) in [6.45, 7) is 2.04. The highest BCUT2D eigenvalue weighted by Crippen LogP contribution is 2.44. The number of nitro benzene ring substituents is 1. The third kappa shape index (κ3) is 3.23. The fourth-order valence-electron chi connectivity index (χ4n) is 3.06. The molecule has 9 heteroatoms. The molecule has 0 amide bonds. The van der Waals surface area contributed by atoms with Crippen LogP contribution in [0, 0.1) is 10.1 Å². The van der Waals surface area contributed by atoms with Crippen LogP contribution in [-0.4, -0.2) is 29.1 Å². The lowest BCUT2D eigenvalue weighted by molar-refractivity contribution is -0.383. The molecule has 0 aliphatic rings. The van der Waals surface area contributed by atoms with Crippen molar-refractivity contribution in [1.82, 2.24) is 9.97 Å². The molecule has 3 rings (SSSR count). The minimum atomic E-state index is -0.586. The summed E-state index contributed by atoms with van der Waals surface area (Å²) in [5.74, 6) is 0.213. The number of non-ortho nitro benzene ring substituents is 1. The molecule has 1 N–H and O–H groups in total. The lowest BCUT2D eigenvalue weighted by Crippen LogP contribution is -1.99. The monoisotopic (exact) mass is 373 g/mol. The van der Waals surface area contributed by atoms with Gasteiger partial charge in [-0.1, -0.05) is 13.3 Å². The van der Waals surface area contributed by atoms with Gasteiger partial charge in [0.1, 0.15) is 0 Å². The minimum Gasteiger partial charge on any atom is -0.493 e. The molecule has 0 unspecified atom stereocenters. The maximum atomic E-state index is 11.8. The number of nitrogens with one attached hydrogen (secondary N) is 1. The first-order valence-corrected chi connectivity index (χ1v) is 8.42. The molecule has 0 aliphatic carbocycles. The smallest absolute Gasteiger partial charge is 0.417 e. The number of aryl methyl sites for hydroxylation is 1. The Morgan fingerprint density at radius 2 is 2.11 bits per heavy atom. The summed E-state index contributed by atoms with van der Waals surface area (Å²) >= 11 is 0. The van der Waals surface area contributed by atoms with E-state index >= 15 is 0 Å². The molecule has 0 fully saturated rings. The van der Waals surface area contributed by atoms with Gasteiger partial charge in [-0.15, -0.1) is 0 Å². The van der Waals surface area contributed by atoms with E-state index in [9.17, 15) is 14.9 Å². The Balaban J connectivity index is 2.40. The molecule has 0 bridgehead atoms. The molecule has 27 heavy (non-hydrogen) atoms. The van der Waals surface area contributed by atoms with Gasteiger partial charge in [-0.25, -0.2) is 9.78 Å². The van der Waals surface area contributed by atoms with E-state index < -0.39 is 10.7 Å². The minimum absolute atomic E-state index is 0.125. The number of unbranched alkanes of at least 4 members (excludes halogenated alkanes) is 1. The van der Waals surface area contributed by atoms with Crippen molar-refractivity contribution >= 4 is 16.6 Å². The number of H-pyrrole nitrogens is 1. The van der Waals surface area contributed by atoms with Crippen LogP contribution in [0.1, 0.15) is 25.5 Å². The highest BCUT2D eigenvalue weighted by atomic mass is 16.6. The van der Waals surface area contributed by atoms with Gasteiger partial charge in [-0.3, -0.25) is 15.1 Å². The molecule has 0 atom stereocenters. The van der Waals surface area contributed by atoms with E-state index in [-0.39, 0.29) is 22.7 Å². The molecule has 0 saturated heterocycles. The summed E-state index contributed by atoms with van der Waals surface area (Å²) in [4.78, 5) is 29.7. The lowest BCUT2D eigenvalue weighted by atomic mass is 10.0. The van der Waals surface area contributed by atoms with Crippen molar-refractivity contribution in [3.8, 4) is 22.8 Å². The number of nitro groups is 1. The molecule has 0 aliphatic heterocycles. The average molecular weight is 373 g/mol. The summed E-state index contributed by atoms with van der Waals surface area (Å²) in [6, 6.07) is 2.90. The van der Waals surface area contributed by atoms with Crippen LogP contribution in [0.5, 0.6) is 11.5 Å². The highest BCUT2D eigenvalue weighted by molar-refractivity contribution is 6.04. The van der Waals surface area contributed by atoms with E-state index in [0.717, 1.165) is 12.8 Å². The van der Waals surface area contributed by atoms with E-state index in [1.54, 1.807) is 6.07 Å². The number of benzene rings is 1. The van der Waals surface area contributed by atoms with Crippen LogP contribution in [0.2, 0.25) is 0 Å². The number of rotatable bonds is 7. The number of hydrogen-bond donors (Lipinski definition) is 1. The molecule has 9 nitrogen and oxygen atoms in total. The molecule has 1 aromatic carbocycles. The first kappa shape index (κ1) is 18.4. The van der Waals surface area contributed by atoms with Crippen molar-refractivity contribution in [3.05, 3.63) is 44.7 Å². The molecule has 142 valence electrons. The molecular weight excluding hydrogens is 354 g/mol. The van der Waals surface area contributed by atoms with E-state index in [4.69, 9.17) is 13.9 Å². The van der Waals surface area contributed by atoms with Gasteiger partial charge in [0.2, 0.25) is 0 Å². The van der Waals surface area contributed by atoms with Gasteiger partial charge in [0.05, 0.1) is 36.3 Å². The van der Waals surface area contributed by atoms with Crippen molar-refractivity contribution in [3.63, 3.8) is 0 Å². The first-order chi connectivity index (χ1) is 13.0. The number of pyridine rings is 1. The third-order valence-corrected chi connectivity index (χ3v) is 4.28. The Hall–Kier alpha value is -3.36. The van der Waals surface area contributed by atoms with E-state index in [0.29, 0.717) is 28.8 Å². The van der Waals surface area contributed by atoms with Crippen LogP contribution in [0.25, 0.3) is 22.2 Å². The van der Waals surface area contributed by atoms with Gasteiger partial charge in [0.15, 0.2) is 22.8 Å². The lowest BCUT2D eigenvalue weighted by Gasteiger charge is -2.13. The Morgan fingerprint density at radius 1 is 1.33 bits per heavy atom. The molecule has 3 aromatic rings. The van der Waals surface area contributed by atoms with Crippen LogP contribution in [0.4, 0.5) is 5.69 Å². The number of hydrogen-bond acceptors (Lipinski definition) is 7. The van der Waals surface area contributed by atoms with Crippen LogP contribution in [-0.2, 0) is 6.42 Å². The zero-order valence-electron chi connectivity index (χ0n) is 15.2. The van der Waals surface area contributed by atoms with Gasteiger partial charge in [-0.2, -0.15) is 0 Å². The number of ether oxygens (including phenoxy) is 2. The van der Waals surface area contributed by atoms with Crippen molar-refractivity contribution in [2.24, 2.45) is 0 Å². The largest absolute Gasteiger partial charge is 0.493 e. The molecular formula is C18H19N3O6. The Morgan fingerprint density at radius 3 is 2.74 bits per heavy atom. The quantitative estimate of drug-likeness (QED) is 0.497. The fraction of sp³-hybridized carbons (Fsp3) is 0.333. The number of nitrogens with zero attached hydrogens (tertiary/aromatic N) is 2. The van der Waals surface area contributed by atoms with Gasteiger partial charge < -0.3 is 13.9 Å². The predicted molar refractivity (Wildman–Crippen MR) is 98.4 cm³/mol. The molecule has 0 radical (unpaired) electrons. The number of fused-ring (bicyclic) bond motifs is 1. The van der Waals surface area contributed by atoms with E-state index in [1.807, 2.05) is 6.92 Å². The summed E-state index contributed by atoms with van der Waals surface area (Å²) in [5.41, 5.74) is 1.00. The number of methoxy groups -OCH3 is 2. The topological polar surface area (TPSA) is 120 Å². The maximum Gasteiger partial charge on any atom is 0.417 e. The average Bonchev–Trinajstić information content (AvgIpc) is 3.04. The molecule has 0 spiro atoms. The second-order valence-electron chi connectivity index (χ2n) is 5.90. The van der Waals surface area contributed by atoms with E-state index in [2.05, 4.69) is 9.97 Å². The number of aromatic amines is 1. The highest BCUT2D eigenvalue weighted by Gasteiger charge is 2.26. The third-order valence-electron chi connectivity index (χ3n) is 4.28. The van der Waals surface area contributed by atoms with Crippen LogP contribution < -0.4 is 15.2 Å². The zero-order chi connectivity index (χ0) is 19.6. The Kier molecular flexibility index (Phi) is 5.11. The number of aromatic nitrogens is 2. The van der Waals surface area contributed by atoms with Crippen LogP contribution >= 0.6 is 0 Å². The Labute approximate surface area is 154 Å². The second kappa shape index (κ2) is 7.48. The van der Waals surface area contributed by atoms with Gasteiger partial charge in [0.25, 0.3) is 5.69 Å². The SMILES string of the molecule is CCCCc1[nH]c(=O)oc1-c1ccnc2c([N+](=O)[O-])cc(OC)c(OC)c12. The fourth-order valence-corrected chi connectivity index (χ4v) is 3.06. The van der Waals surface area contributed by atoms with Gasteiger partial charge in [-0.05, 0) is 18.9 Å². The molecule has 0 saturated carbocycles. The van der Waals surface area contributed by atoms with Crippen molar-refractivity contribution in [1.29, 1.82) is 0 Å². The standard InChI is InChI=1S/C18H19N3O6/c1-4-5-6-11-16(27-18(22)20-11)10-7-8-19-15-12(21(23)24)9-13(25-2)17(26-3)14(10)15/h7-9H,4-6H2,1-3H3,(H,20,22). The summed E-state index contributed by atoms with van der Waals surface area (Å²) in [6.07, 6.45) is 3.83. The Bertz CT molecular complexity index is 1050. The molecule has 2 aromatic heterocycles. The first-order valence-electron chi connectivity index (χ1n) is 8.42. The maximum absolute atomic E-state index is 11.8. The van der Waals surface area contributed by atoms with E-state index in [1.165, 1.54) is 26.5 Å². The van der Waals surface area contributed by atoms with Gasteiger partial charge in [0, 0.05) is 11.8 Å². The number of oxazole rings is 1. The van der Waals surface area contributed by atoms with Crippen LogP contribution in [0.3, 0.4) is 0 Å². The zero-order valence-corrected chi connectivity index (χ0v) is 15.2. The summed E-state index contributed by atoms with van der Waals surface area (Å²) in [5, 5.41) is 11.9. The van der Waals surface area contributed by atoms with Crippen molar-refractivity contribution in [2.45, 2.75) is 26.2 Å². The summed E-state index contributed by atoms with van der Waals surface area (Å²) in [7, 11) is 2.83. The van der Waals surface area contributed by atoms with Gasteiger partial charge >= 0.3 is 5.76 Å². The van der Waals surface area contributed by atoms with Crippen molar-refractivity contribution < 1.29 is 18.8 Å². The summed E-state index contributed by atoms with van der Waals surface area (Å²) < 4.78 is 16.1.